The number of ether oxygens (including phenoxy) is 2. The predicted molar refractivity (Wildman–Crippen MR) is 65.7 cm³/mol. The summed E-state index contributed by atoms with van der Waals surface area (Å²) in [4.78, 5) is 34.9. The monoisotopic (exact) mass is 276 g/mol. The van der Waals surface area contributed by atoms with E-state index in [1.165, 1.54) is 26.2 Å². The van der Waals surface area contributed by atoms with Crippen LogP contribution in [-0.2, 0) is 19.1 Å². The number of carboxylic acids is 1. The third-order valence-corrected chi connectivity index (χ3v) is 2.44. The number of methoxy groups -OCH3 is 2. The molecule has 0 bridgehead atoms. The van der Waals surface area contributed by atoms with Gasteiger partial charge in [0.25, 0.3) is 0 Å². The fraction of sp³-hybridized carbons (Fsp3) is 0.727. The molecule has 0 fully saturated rings. The lowest BCUT2D eigenvalue weighted by Crippen LogP contribution is -2.47. The van der Waals surface area contributed by atoms with E-state index in [0.717, 1.165) is 0 Å². The van der Waals surface area contributed by atoms with Crippen LogP contribution in [0.15, 0.2) is 0 Å². The molecule has 0 spiro atoms. The van der Waals surface area contributed by atoms with Gasteiger partial charge in [-0.15, -0.1) is 0 Å². The van der Waals surface area contributed by atoms with Crippen molar-refractivity contribution < 1.29 is 29.0 Å². The Morgan fingerprint density at radius 1 is 1.32 bits per heavy atom. The average Bonchev–Trinajstić information content (AvgIpc) is 2.39. The summed E-state index contributed by atoms with van der Waals surface area (Å²) < 4.78 is 9.22. The Hall–Kier alpha value is -1.83. The summed E-state index contributed by atoms with van der Waals surface area (Å²) in [6.07, 6.45) is -0.0958. The van der Waals surface area contributed by atoms with E-state index in [0.29, 0.717) is 13.2 Å². The number of rotatable bonds is 8. The first kappa shape index (κ1) is 17.2. The molecule has 0 aliphatic rings. The van der Waals surface area contributed by atoms with Crippen LogP contribution in [0.1, 0.15) is 12.8 Å². The largest absolute Gasteiger partial charge is 0.480 e. The SMILES string of the molecule is COCCN(C)C(=O)N[C@H](CCC(=O)OC)C(=O)O. The van der Waals surface area contributed by atoms with Crippen molar-refractivity contribution in [3.63, 3.8) is 0 Å². The van der Waals surface area contributed by atoms with Crippen molar-refractivity contribution in [2.75, 3.05) is 34.4 Å². The third-order valence-electron chi connectivity index (χ3n) is 2.44. The van der Waals surface area contributed by atoms with Gasteiger partial charge >= 0.3 is 18.0 Å². The van der Waals surface area contributed by atoms with Gasteiger partial charge in [-0.3, -0.25) is 4.79 Å². The number of carbonyl (C=O) groups excluding carboxylic acids is 2. The first-order chi connectivity index (χ1) is 8.92. The molecule has 0 aromatic heterocycles. The number of carboxylic acid groups (broad SMARTS) is 1. The summed E-state index contributed by atoms with van der Waals surface area (Å²) in [7, 11) is 4.24. The highest BCUT2D eigenvalue weighted by Crippen LogP contribution is 2.00. The Morgan fingerprint density at radius 3 is 2.42 bits per heavy atom. The quantitative estimate of drug-likeness (QED) is 0.589. The second-order valence-electron chi connectivity index (χ2n) is 3.87. The molecule has 0 aromatic rings. The van der Waals surface area contributed by atoms with Gasteiger partial charge in [0.1, 0.15) is 6.04 Å². The molecular formula is C11H20N2O6. The van der Waals surface area contributed by atoms with Crippen LogP contribution < -0.4 is 5.32 Å². The molecule has 0 rings (SSSR count). The molecule has 0 unspecified atom stereocenters. The number of nitrogens with one attached hydrogen (secondary N) is 1. The zero-order valence-electron chi connectivity index (χ0n) is 11.3. The van der Waals surface area contributed by atoms with Crippen LogP contribution >= 0.6 is 0 Å². The van der Waals surface area contributed by atoms with Gasteiger partial charge in [-0.05, 0) is 6.42 Å². The summed E-state index contributed by atoms with van der Waals surface area (Å²) in [5, 5.41) is 11.3. The Kier molecular flexibility index (Phi) is 8.27. The maximum atomic E-state index is 11.7. The van der Waals surface area contributed by atoms with Gasteiger partial charge in [0.2, 0.25) is 0 Å². The van der Waals surface area contributed by atoms with E-state index < -0.39 is 24.0 Å². The minimum absolute atomic E-state index is 0.0220. The number of likely N-dealkylation sites (N-methyl/N-ethyl adjacent to an activating group) is 1. The minimum Gasteiger partial charge on any atom is -0.480 e. The van der Waals surface area contributed by atoms with E-state index in [-0.39, 0.29) is 12.8 Å². The Labute approximate surface area is 111 Å². The van der Waals surface area contributed by atoms with Crippen LogP contribution in [0.4, 0.5) is 4.79 Å². The van der Waals surface area contributed by atoms with Crippen LogP contribution in [0.5, 0.6) is 0 Å². The van der Waals surface area contributed by atoms with Crippen molar-refractivity contribution in [1.82, 2.24) is 10.2 Å². The number of esters is 1. The molecule has 0 heterocycles. The second-order valence-corrected chi connectivity index (χ2v) is 3.87. The maximum absolute atomic E-state index is 11.7. The molecule has 8 nitrogen and oxygen atoms in total. The molecule has 1 atom stereocenters. The minimum atomic E-state index is -1.20. The standard InChI is InChI=1S/C11H20N2O6/c1-13(6-7-18-2)11(17)12-8(10(15)16)4-5-9(14)19-3/h8H,4-7H2,1-3H3,(H,12,17)(H,15,16)/t8-/m1/s1. The summed E-state index contributed by atoms with van der Waals surface area (Å²) in [6, 6.07) is -1.66. The van der Waals surface area contributed by atoms with Crippen molar-refractivity contribution in [2.45, 2.75) is 18.9 Å². The van der Waals surface area contributed by atoms with E-state index in [4.69, 9.17) is 9.84 Å². The normalized spacial score (nSPS) is 11.5. The fourth-order valence-corrected chi connectivity index (χ4v) is 1.21. The first-order valence-corrected chi connectivity index (χ1v) is 5.72. The highest BCUT2D eigenvalue weighted by molar-refractivity contribution is 5.83. The van der Waals surface area contributed by atoms with E-state index in [2.05, 4.69) is 10.1 Å². The number of carbonyl (C=O) groups is 3. The van der Waals surface area contributed by atoms with Gasteiger partial charge < -0.3 is 24.8 Å². The van der Waals surface area contributed by atoms with Gasteiger partial charge in [0, 0.05) is 27.1 Å². The lowest BCUT2D eigenvalue weighted by atomic mass is 10.1. The molecule has 0 aromatic carbocycles. The molecule has 19 heavy (non-hydrogen) atoms. The van der Waals surface area contributed by atoms with Crippen LogP contribution in [0.3, 0.4) is 0 Å². The molecule has 0 aliphatic heterocycles. The van der Waals surface area contributed by atoms with Gasteiger partial charge in [-0.2, -0.15) is 0 Å². The molecule has 2 amide bonds. The highest BCUT2D eigenvalue weighted by Gasteiger charge is 2.22. The zero-order valence-corrected chi connectivity index (χ0v) is 11.3. The van der Waals surface area contributed by atoms with E-state index >= 15 is 0 Å². The van der Waals surface area contributed by atoms with Crippen LogP contribution in [0, 0.1) is 0 Å². The number of nitrogens with zero attached hydrogens (tertiary/aromatic N) is 1. The molecule has 0 saturated heterocycles. The number of aliphatic carboxylic acids is 1. The van der Waals surface area contributed by atoms with Crippen LogP contribution in [0.25, 0.3) is 0 Å². The van der Waals surface area contributed by atoms with Crippen molar-refractivity contribution in [2.24, 2.45) is 0 Å². The summed E-state index contributed by atoms with van der Waals surface area (Å²) >= 11 is 0. The maximum Gasteiger partial charge on any atom is 0.326 e. The van der Waals surface area contributed by atoms with Crippen molar-refractivity contribution in [3.05, 3.63) is 0 Å². The molecule has 2 N–H and O–H groups in total. The summed E-state index contributed by atoms with van der Waals surface area (Å²) in [5.41, 5.74) is 0. The molecule has 0 saturated carbocycles. The Balaban J connectivity index is 4.29. The molecule has 8 heteroatoms. The molecule has 0 aliphatic carbocycles. The van der Waals surface area contributed by atoms with Crippen LogP contribution in [-0.4, -0.2) is 68.4 Å². The van der Waals surface area contributed by atoms with Crippen molar-refractivity contribution in [3.8, 4) is 0 Å². The smallest absolute Gasteiger partial charge is 0.326 e. The Bertz CT molecular complexity index is 320. The number of hydrogen-bond donors (Lipinski definition) is 2. The van der Waals surface area contributed by atoms with Gasteiger partial charge in [0.05, 0.1) is 13.7 Å². The third kappa shape index (κ3) is 7.24. The first-order valence-electron chi connectivity index (χ1n) is 5.72. The van der Waals surface area contributed by atoms with E-state index in [9.17, 15) is 14.4 Å². The zero-order chi connectivity index (χ0) is 14.8. The number of urea groups is 1. The number of amides is 2. The summed E-state index contributed by atoms with van der Waals surface area (Å²) in [5.74, 6) is -1.72. The van der Waals surface area contributed by atoms with Gasteiger partial charge in [-0.25, -0.2) is 9.59 Å². The van der Waals surface area contributed by atoms with Crippen molar-refractivity contribution >= 4 is 18.0 Å². The lowest BCUT2D eigenvalue weighted by Gasteiger charge is -2.20. The fourth-order valence-electron chi connectivity index (χ4n) is 1.21. The van der Waals surface area contributed by atoms with Gasteiger partial charge in [-0.1, -0.05) is 0 Å². The average molecular weight is 276 g/mol. The van der Waals surface area contributed by atoms with Crippen LogP contribution in [0.2, 0.25) is 0 Å². The second kappa shape index (κ2) is 9.15. The molecule has 110 valence electrons. The lowest BCUT2D eigenvalue weighted by molar-refractivity contribution is -0.142. The van der Waals surface area contributed by atoms with Crippen molar-refractivity contribution in [1.29, 1.82) is 0 Å². The highest BCUT2D eigenvalue weighted by atomic mass is 16.5. The summed E-state index contributed by atoms with van der Waals surface area (Å²) in [6.45, 7) is 0.690. The van der Waals surface area contributed by atoms with E-state index in [1.807, 2.05) is 0 Å². The topological polar surface area (TPSA) is 105 Å². The predicted octanol–water partition coefficient (Wildman–Crippen LogP) is -0.319. The Morgan fingerprint density at radius 2 is 1.95 bits per heavy atom. The number of hydrogen-bond acceptors (Lipinski definition) is 5. The van der Waals surface area contributed by atoms with E-state index in [1.54, 1.807) is 0 Å². The molecular weight excluding hydrogens is 256 g/mol. The van der Waals surface area contributed by atoms with Gasteiger partial charge in [0.15, 0.2) is 0 Å². The molecule has 0 radical (unpaired) electrons.